The van der Waals surface area contributed by atoms with Crippen molar-refractivity contribution in [2.45, 2.75) is 24.3 Å². The highest BCUT2D eigenvalue weighted by Gasteiger charge is 2.38. The highest BCUT2D eigenvalue weighted by molar-refractivity contribution is 7.91. The van der Waals surface area contributed by atoms with Gasteiger partial charge in [-0.05, 0) is 18.2 Å². The van der Waals surface area contributed by atoms with E-state index < -0.39 is 49.5 Å². The molecule has 0 N–H and O–H groups in total. The van der Waals surface area contributed by atoms with Crippen LogP contribution in [0.1, 0.15) is 18.1 Å². The van der Waals surface area contributed by atoms with E-state index >= 15 is 0 Å². The topological polar surface area (TPSA) is 82.7 Å². The third kappa shape index (κ3) is 3.38. The number of hydrogen-bond donors (Lipinski definition) is 0. The molecule has 3 aromatic heterocycles. The van der Waals surface area contributed by atoms with Crippen LogP contribution >= 0.6 is 0 Å². The molecule has 170 valence electrons. The quantitative estimate of drug-likeness (QED) is 0.415. The summed E-state index contributed by atoms with van der Waals surface area (Å²) in [5.74, 6) is -0.844. The van der Waals surface area contributed by atoms with Crippen LogP contribution in [0.5, 0.6) is 0 Å². The average Bonchev–Trinajstić information content (AvgIpc) is 3.24. The van der Waals surface area contributed by atoms with Crippen molar-refractivity contribution in [3.63, 3.8) is 0 Å². The fraction of sp³-hybridized carbons (Fsp3) is 0.278. The number of fused-ring (bicyclic) bond motifs is 2. The fourth-order valence-electron chi connectivity index (χ4n) is 3.31. The Morgan fingerprint density at radius 3 is 2.31 bits per heavy atom. The van der Waals surface area contributed by atoms with E-state index in [2.05, 4.69) is 15.1 Å². The minimum atomic E-state index is -4.87. The third-order valence-corrected chi connectivity index (χ3v) is 6.56. The lowest BCUT2D eigenvalue weighted by atomic mass is 10.1. The number of nitrogens with zero attached hydrogens (tertiary/aromatic N) is 5. The molecule has 0 aliphatic heterocycles. The molecule has 0 amide bonds. The van der Waals surface area contributed by atoms with Gasteiger partial charge in [-0.2, -0.15) is 36.1 Å². The molecule has 0 spiro atoms. The molecule has 0 fully saturated rings. The van der Waals surface area contributed by atoms with Crippen LogP contribution < -0.4 is 0 Å². The Bertz CT molecular complexity index is 1470. The van der Waals surface area contributed by atoms with E-state index in [0.717, 1.165) is 16.7 Å². The van der Waals surface area contributed by atoms with Gasteiger partial charge >= 0.3 is 12.4 Å². The number of alkyl halides is 6. The molecule has 7 nitrogen and oxygen atoms in total. The summed E-state index contributed by atoms with van der Waals surface area (Å²) in [7, 11) is -2.94. The fourth-order valence-corrected chi connectivity index (χ4v) is 4.50. The number of halogens is 6. The van der Waals surface area contributed by atoms with Gasteiger partial charge in [-0.3, -0.25) is 4.57 Å². The van der Waals surface area contributed by atoms with E-state index in [1.165, 1.54) is 20.0 Å². The minimum absolute atomic E-state index is 0.0385. The summed E-state index contributed by atoms with van der Waals surface area (Å²) < 4.78 is 108. The zero-order valence-electron chi connectivity index (χ0n) is 16.3. The predicted octanol–water partition coefficient (Wildman–Crippen LogP) is 4.14. The first-order valence-corrected chi connectivity index (χ1v) is 10.6. The Morgan fingerprint density at radius 2 is 1.72 bits per heavy atom. The van der Waals surface area contributed by atoms with Crippen LogP contribution in [-0.4, -0.2) is 38.5 Å². The second-order valence-corrected chi connectivity index (χ2v) is 9.05. The molecular weight excluding hydrogens is 464 g/mol. The van der Waals surface area contributed by atoms with E-state index in [-0.39, 0.29) is 22.6 Å². The summed E-state index contributed by atoms with van der Waals surface area (Å²) in [5, 5.41) is 2.61. The Kier molecular flexibility index (Phi) is 4.77. The van der Waals surface area contributed by atoms with Crippen LogP contribution in [0.4, 0.5) is 26.3 Å². The Balaban J connectivity index is 2.11. The van der Waals surface area contributed by atoms with E-state index in [1.54, 1.807) is 0 Å². The largest absolute Gasteiger partial charge is 0.417 e. The molecule has 0 saturated heterocycles. The summed E-state index contributed by atoms with van der Waals surface area (Å²) in [6.07, 6.45) is -8.99. The first-order valence-electron chi connectivity index (χ1n) is 8.97. The molecule has 0 saturated carbocycles. The van der Waals surface area contributed by atoms with Gasteiger partial charge in [0, 0.05) is 13.2 Å². The van der Waals surface area contributed by atoms with Crippen molar-refractivity contribution in [3.8, 4) is 5.95 Å². The lowest BCUT2D eigenvalue weighted by Gasteiger charge is -2.11. The van der Waals surface area contributed by atoms with Crippen molar-refractivity contribution in [2.75, 3.05) is 5.75 Å². The standard InChI is InChI=1S/C18H13F6N5O2S/c1-3-32(30,31)15-13-10(18(22,23)24)5-4-6-11(13)27-29(15)16-26-12-7-9(17(19,20)21)8-25-14(12)28(16)2/h4-8H,3H2,1-2H3. The van der Waals surface area contributed by atoms with Crippen molar-refractivity contribution < 1.29 is 34.8 Å². The van der Waals surface area contributed by atoms with Crippen LogP contribution in [0, 0.1) is 0 Å². The zero-order valence-corrected chi connectivity index (χ0v) is 17.1. The normalized spacial score (nSPS) is 13.4. The summed E-state index contributed by atoms with van der Waals surface area (Å²) in [5.41, 5.74) is -2.82. The van der Waals surface area contributed by atoms with E-state index in [9.17, 15) is 34.8 Å². The molecule has 0 bridgehead atoms. The number of sulfone groups is 1. The van der Waals surface area contributed by atoms with Crippen molar-refractivity contribution >= 4 is 31.9 Å². The van der Waals surface area contributed by atoms with Gasteiger partial charge in [-0.25, -0.2) is 18.4 Å². The number of hydrogen-bond acceptors (Lipinski definition) is 5. The van der Waals surface area contributed by atoms with E-state index in [1.807, 2.05) is 0 Å². The van der Waals surface area contributed by atoms with E-state index in [4.69, 9.17) is 0 Å². The monoisotopic (exact) mass is 477 g/mol. The molecule has 3 heterocycles. The summed E-state index contributed by atoms with van der Waals surface area (Å²) in [6, 6.07) is 3.73. The lowest BCUT2D eigenvalue weighted by molar-refractivity contribution is -0.138. The number of benzene rings is 1. The molecule has 0 aliphatic carbocycles. The highest BCUT2D eigenvalue weighted by Crippen LogP contribution is 2.39. The van der Waals surface area contributed by atoms with Gasteiger partial charge in [0.1, 0.15) is 5.52 Å². The maximum Gasteiger partial charge on any atom is 0.417 e. The zero-order chi connectivity index (χ0) is 23.6. The molecule has 4 aromatic rings. The highest BCUT2D eigenvalue weighted by atomic mass is 32.2. The van der Waals surface area contributed by atoms with Crippen LogP contribution in [0.15, 0.2) is 35.5 Å². The van der Waals surface area contributed by atoms with Crippen LogP contribution in [0.3, 0.4) is 0 Å². The maximum atomic E-state index is 13.6. The number of pyridine rings is 1. The molecule has 0 aliphatic rings. The summed E-state index contributed by atoms with van der Waals surface area (Å²) in [6.45, 7) is 1.25. The van der Waals surface area contributed by atoms with Gasteiger partial charge in [0.05, 0.1) is 27.8 Å². The first-order chi connectivity index (χ1) is 14.8. The SMILES string of the molecule is CCS(=O)(=O)c1c2c(C(F)(F)F)cccc2nn1-c1nc2cc(C(F)(F)F)cnc2n1C. The van der Waals surface area contributed by atoms with Gasteiger partial charge in [0.2, 0.25) is 5.95 Å². The van der Waals surface area contributed by atoms with Gasteiger partial charge in [-0.1, -0.05) is 13.0 Å². The molecule has 0 radical (unpaired) electrons. The van der Waals surface area contributed by atoms with Crippen molar-refractivity contribution in [2.24, 2.45) is 7.05 Å². The minimum Gasteiger partial charge on any atom is -0.296 e. The van der Waals surface area contributed by atoms with Gasteiger partial charge in [-0.15, -0.1) is 0 Å². The second kappa shape index (κ2) is 6.92. The molecular formula is C18H13F6N5O2S. The third-order valence-electron chi connectivity index (χ3n) is 4.84. The number of aryl methyl sites for hydroxylation is 1. The maximum absolute atomic E-state index is 13.6. The number of aromatic nitrogens is 5. The Hall–Kier alpha value is -3.16. The van der Waals surface area contributed by atoms with Gasteiger partial charge in [0.25, 0.3) is 0 Å². The second-order valence-electron chi connectivity index (χ2n) is 6.85. The summed E-state index contributed by atoms with van der Waals surface area (Å²) >= 11 is 0. The molecule has 4 rings (SSSR count). The van der Waals surface area contributed by atoms with E-state index in [0.29, 0.717) is 16.9 Å². The van der Waals surface area contributed by atoms with Crippen molar-refractivity contribution in [3.05, 3.63) is 41.6 Å². The van der Waals surface area contributed by atoms with Crippen LogP contribution in [0.25, 0.3) is 28.0 Å². The first kappa shape index (κ1) is 22.0. The van der Waals surface area contributed by atoms with Crippen LogP contribution in [0.2, 0.25) is 0 Å². The van der Waals surface area contributed by atoms with Crippen LogP contribution in [-0.2, 0) is 29.2 Å². The van der Waals surface area contributed by atoms with Crippen molar-refractivity contribution in [1.82, 2.24) is 24.3 Å². The smallest absolute Gasteiger partial charge is 0.296 e. The van der Waals surface area contributed by atoms with Gasteiger partial charge < -0.3 is 0 Å². The van der Waals surface area contributed by atoms with Crippen molar-refractivity contribution in [1.29, 1.82) is 0 Å². The molecule has 0 atom stereocenters. The molecule has 0 unspecified atom stereocenters. The van der Waals surface area contributed by atoms with Gasteiger partial charge in [0.15, 0.2) is 20.5 Å². The Labute approximate surface area is 176 Å². The molecule has 14 heteroatoms. The number of imidazole rings is 1. The average molecular weight is 477 g/mol. The summed E-state index contributed by atoms with van der Waals surface area (Å²) in [4.78, 5) is 7.73. The number of rotatable bonds is 3. The molecule has 1 aromatic carbocycles. The Morgan fingerprint density at radius 1 is 1.03 bits per heavy atom. The predicted molar refractivity (Wildman–Crippen MR) is 101 cm³/mol. The molecule has 32 heavy (non-hydrogen) atoms. The lowest BCUT2D eigenvalue weighted by Crippen LogP contribution is -2.16.